The van der Waals surface area contributed by atoms with E-state index in [9.17, 15) is 9.59 Å². The Bertz CT molecular complexity index is 621. The topological polar surface area (TPSA) is 84.5 Å². The number of aromatic nitrogens is 2. The first-order chi connectivity index (χ1) is 11.7. The molecule has 1 aromatic rings. The van der Waals surface area contributed by atoms with Gasteiger partial charge >= 0.3 is 0 Å². The summed E-state index contributed by atoms with van der Waals surface area (Å²) < 4.78 is 1.26. The lowest BCUT2D eigenvalue weighted by molar-refractivity contribution is -0.131. The molecule has 2 fully saturated rings. The number of nitrogens with two attached hydrogens (primary N) is 1. The average molecular weight is 351 g/mol. The van der Waals surface area contributed by atoms with Crippen molar-refractivity contribution in [1.29, 1.82) is 0 Å². The molecular weight excluding hydrogens is 326 g/mol. The van der Waals surface area contributed by atoms with Gasteiger partial charge in [0.05, 0.1) is 11.9 Å². The Hall–Kier alpha value is -1.54. The minimum Gasteiger partial charge on any atom is -0.370 e. The Morgan fingerprint density at radius 2 is 1.96 bits per heavy atom. The fourth-order valence-corrected chi connectivity index (χ4v) is 4.09. The van der Waals surface area contributed by atoms with Crippen LogP contribution in [0.4, 0.5) is 5.69 Å². The number of piperidine rings is 1. The number of amides is 1. The second-order valence-corrected chi connectivity index (χ2v) is 7.59. The first-order valence-electron chi connectivity index (χ1n) is 8.55. The van der Waals surface area contributed by atoms with Gasteiger partial charge in [-0.1, -0.05) is 0 Å². The maximum atomic E-state index is 12.3. The van der Waals surface area contributed by atoms with E-state index in [1.54, 1.807) is 12.3 Å². The highest BCUT2D eigenvalue weighted by molar-refractivity contribution is 7.99. The van der Waals surface area contributed by atoms with Crippen LogP contribution < -0.4 is 16.2 Å². The first-order valence-corrected chi connectivity index (χ1v) is 9.70. The smallest absolute Gasteiger partial charge is 0.269 e. The number of carbonyl (C=O) groups is 1. The highest BCUT2D eigenvalue weighted by Gasteiger charge is 2.20. The van der Waals surface area contributed by atoms with E-state index < -0.39 is 0 Å². The van der Waals surface area contributed by atoms with Crippen molar-refractivity contribution in [3.05, 3.63) is 22.6 Å². The molecule has 0 atom stereocenters. The maximum Gasteiger partial charge on any atom is 0.269 e. The third-order valence-corrected chi connectivity index (χ3v) is 5.76. The fraction of sp³-hybridized carbons (Fsp3) is 0.688. The average Bonchev–Trinajstić information content (AvgIpc) is 2.64. The molecular formula is C16H25N5O2S. The van der Waals surface area contributed by atoms with Gasteiger partial charge in [-0.25, -0.2) is 4.68 Å². The molecule has 3 heterocycles. The Morgan fingerprint density at radius 1 is 1.25 bits per heavy atom. The van der Waals surface area contributed by atoms with Gasteiger partial charge in [0.15, 0.2) is 0 Å². The van der Waals surface area contributed by atoms with E-state index in [1.807, 2.05) is 16.7 Å². The van der Waals surface area contributed by atoms with Gasteiger partial charge in [-0.15, -0.1) is 0 Å². The third-order valence-electron chi connectivity index (χ3n) is 4.82. The standard InChI is InChI=1S/C16H25N5O2S/c17-10-13-1-3-19(4-2-13)14-9-15(22)21(18-11-14)12-16(23)20-5-7-24-8-6-20/h9,11,13H,1-8,10,12,17H2. The van der Waals surface area contributed by atoms with Crippen molar-refractivity contribution in [2.24, 2.45) is 11.7 Å². The van der Waals surface area contributed by atoms with Crippen molar-refractivity contribution in [3.8, 4) is 0 Å². The Morgan fingerprint density at radius 3 is 2.58 bits per heavy atom. The highest BCUT2D eigenvalue weighted by Crippen LogP contribution is 2.20. The summed E-state index contributed by atoms with van der Waals surface area (Å²) in [7, 11) is 0. The summed E-state index contributed by atoms with van der Waals surface area (Å²) in [6, 6.07) is 1.59. The van der Waals surface area contributed by atoms with Gasteiger partial charge in [0.1, 0.15) is 6.54 Å². The predicted molar refractivity (Wildman–Crippen MR) is 96.4 cm³/mol. The molecule has 3 rings (SSSR count). The van der Waals surface area contributed by atoms with Crippen LogP contribution in [0.1, 0.15) is 12.8 Å². The predicted octanol–water partition coefficient (Wildman–Crippen LogP) is -0.00620. The molecule has 0 radical (unpaired) electrons. The molecule has 2 aliphatic rings. The van der Waals surface area contributed by atoms with Crippen molar-refractivity contribution in [3.63, 3.8) is 0 Å². The summed E-state index contributed by atoms with van der Waals surface area (Å²) in [6.07, 6.45) is 3.79. The van der Waals surface area contributed by atoms with Gasteiger partial charge in [0.2, 0.25) is 5.91 Å². The van der Waals surface area contributed by atoms with Crippen molar-refractivity contribution in [2.75, 3.05) is 49.1 Å². The minimum atomic E-state index is -0.215. The molecule has 24 heavy (non-hydrogen) atoms. The van der Waals surface area contributed by atoms with E-state index >= 15 is 0 Å². The number of hydrogen-bond acceptors (Lipinski definition) is 6. The summed E-state index contributed by atoms with van der Waals surface area (Å²) >= 11 is 1.85. The van der Waals surface area contributed by atoms with E-state index in [1.165, 1.54) is 4.68 Å². The van der Waals surface area contributed by atoms with Crippen LogP contribution in [-0.4, -0.2) is 64.8 Å². The van der Waals surface area contributed by atoms with Crippen molar-refractivity contribution in [2.45, 2.75) is 19.4 Å². The van der Waals surface area contributed by atoms with Crippen LogP contribution >= 0.6 is 11.8 Å². The zero-order valence-electron chi connectivity index (χ0n) is 13.9. The number of carbonyl (C=O) groups excluding carboxylic acids is 1. The van der Waals surface area contributed by atoms with Gasteiger partial charge in [-0.05, 0) is 25.3 Å². The molecule has 2 saturated heterocycles. The van der Waals surface area contributed by atoms with Crippen molar-refractivity contribution in [1.82, 2.24) is 14.7 Å². The van der Waals surface area contributed by atoms with E-state index in [-0.39, 0.29) is 18.0 Å². The van der Waals surface area contributed by atoms with Crippen LogP contribution in [0.5, 0.6) is 0 Å². The Labute approximate surface area is 146 Å². The molecule has 0 bridgehead atoms. The summed E-state index contributed by atoms with van der Waals surface area (Å²) in [5.41, 5.74) is 6.34. The number of thioether (sulfide) groups is 1. The van der Waals surface area contributed by atoms with E-state index in [0.29, 0.717) is 5.92 Å². The number of hydrogen-bond donors (Lipinski definition) is 1. The van der Waals surface area contributed by atoms with Gasteiger partial charge in [0, 0.05) is 43.8 Å². The lowest BCUT2D eigenvalue weighted by Crippen LogP contribution is -2.42. The maximum absolute atomic E-state index is 12.3. The minimum absolute atomic E-state index is 0.0265. The summed E-state index contributed by atoms with van der Waals surface area (Å²) in [4.78, 5) is 28.6. The van der Waals surface area contributed by atoms with E-state index in [0.717, 1.165) is 62.8 Å². The van der Waals surface area contributed by atoms with Crippen LogP contribution in [0.25, 0.3) is 0 Å². The SMILES string of the molecule is NCC1CCN(c2cnn(CC(=O)N3CCSCC3)c(=O)c2)CC1. The van der Waals surface area contributed by atoms with Crippen LogP contribution in [0.15, 0.2) is 17.1 Å². The summed E-state index contributed by atoms with van der Waals surface area (Å²) in [5, 5.41) is 4.21. The largest absolute Gasteiger partial charge is 0.370 e. The lowest BCUT2D eigenvalue weighted by atomic mass is 9.97. The Balaban J connectivity index is 1.62. The molecule has 2 N–H and O–H groups in total. The molecule has 0 aliphatic carbocycles. The third kappa shape index (κ3) is 4.10. The van der Waals surface area contributed by atoms with Gasteiger partial charge in [0.25, 0.3) is 5.56 Å². The van der Waals surface area contributed by atoms with Crippen molar-refractivity contribution >= 4 is 23.4 Å². The monoisotopic (exact) mass is 351 g/mol. The molecule has 0 spiro atoms. The second-order valence-electron chi connectivity index (χ2n) is 6.37. The molecule has 0 unspecified atom stereocenters. The number of anilines is 1. The first kappa shape index (κ1) is 17.3. The molecule has 1 aromatic heterocycles. The molecule has 7 nitrogen and oxygen atoms in total. The van der Waals surface area contributed by atoms with Gasteiger partial charge < -0.3 is 15.5 Å². The summed E-state index contributed by atoms with van der Waals surface area (Å²) in [6.45, 7) is 4.07. The van der Waals surface area contributed by atoms with Crippen molar-refractivity contribution < 1.29 is 4.79 Å². The fourth-order valence-electron chi connectivity index (χ4n) is 3.18. The zero-order chi connectivity index (χ0) is 16.9. The quantitative estimate of drug-likeness (QED) is 0.822. The van der Waals surface area contributed by atoms with Crippen LogP contribution in [0.2, 0.25) is 0 Å². The molecule has 8 heteroatoms. The van der Waals surface area contributed by atoms with E-state index in [4.69, 9.17) is 5.73 Å². The van der Waals surface area contributed by atoms with Gasteiger partial charge in [-0.2, -0.15) is 16.9 Å². The van der Waals surface area contributed by atoms with Gasteiger partial charge in [-0.3, -0.25) is 9.59 Å². The van der Waals surface area contributed by atoms with Crippen LogP contribution in [0.3, 0.4) is 0 Å². The van der Waals surface area contributed by atoms with Crippen LogP contribution in [-0.2, 0) is 11.3 Å². The number of rotatable bonds is 4. The summed E-state index contributed by atoms with van der Waals surface area (Å²) in [5.74, 6) is 2.48. The second kappa shape index (κ2) is 8.02. The molecule has 1 amide bonds. The molecule has 132 valence electrons. The number of nitrogens with zero attached hydrogens (tertiary/aromatic N) is 4. The molecule has 2 aliphatic heterocycles. The zero-order valence-corrected chi connectivity index (χ0v) is 14.7. The Kier molecular flexibility index (Phi) is 5.78. The van der Waals surface area contributed by atoms with E-state index in [2.05, 4.69) is 10.00 Å². The molecule has 0 saturated carbocycles. The highest BCUT2D eigenvalue weighted by atomic mass is 32.2. The van der Waals surface area contributed by atoms with Crippen LogP contribution in [0, 0.1) is 5.92 Å². The molecule has 0 aromatic carbocycles. The lowest BCUT2D eigenvalue weighted by Gasteiger charge is -2.32. The normalized spacial score (nSPS) is 19.5.